The second-order valence-corrected chi connectivity index (χ2v) is 8.10. The molecule has 0 aliphatic carbocycles. The van der Waals surface area contributed by atoms with Gasteiger partial charge in [-0.2, -0.15) is 0 Å². The summed E-state index contributed by atoms with van der Waals surface area (Å²) in [6, 6.07) is 11.7. The number of carbonyl (C=O) groups excluding carboxylic acids is 1. The monoisotopic (exact) mass is 461 g/mol. The SMILES string of the molecule is COc1c(C)cc(Br)cc1C(=O)NC(=S)Nc1ccccc1N1CCCCC1. The number of anilines is 2. The lowest BCUT2D eigenvalue weighted by atomic mass is 10.1. The number of amides is 1. The fourth-order valence-corrected chi connectivity index (χ4v) is 4.26. The molecule has 7 heteroatoms. The van der Waals surface area contributed by atoms with E-state index in [1.54, 1.807) is 13.2 Å². The number of rotatable bonds is 4. The van der Waals surface area contributed by atoms with E-state index in [9.17, 15) is 4.79 Å². The number of piperidine rings is 1. The van der Waals surface area contributed by atoms with E-state index in [0.717, 1.165) is 34.5 Å². The molecule has 1 saturated heterocycles. The highest BCUT2D eigenvalue weighted by Crippen LogP contribution is 2.29. The normalized spacial score (nSPS) is 13.8. The maximum Gasteiger partial charge on any atom is 0.261 e. The predicted molar refractivity (Wildman–Crippen MR) is 122 cm³/mol. The number of nitrogens with one attached hydrogen (secondary N) is 2. The third kappa shape index (κ3) is 4.83. The summed E-state index contributed by atoms with van der Waals surface area (Å²) in [7, 11) is 1.55. The fraction of sp³-hybridized carbons (Fsp3) is 0.333. The molecule has 0 atom stereocenters. The number of hydrogen-bond acceptors (Lipinski definition) is 4. The first-order valence-corrected chi connectivity index (χ1v) is 10.5. The second kappa shape index (κ2) is 9.39. The third-order valence-corrected chi connectivity index (χ3v) is 5.43. The Morgan fingerprint density at radius 3 is 2.61 bits per heavy atom. The molecular weight excluding hydrogens is 438 g/mol. The van der Waals surface area contributed by atoms with Crippen LogP contribution in [-0.4, -0.2) is 31.2 Å². The van der Waals surface area contributed by atoms with Gasteiger partial charge in [0.25, 0.3) is 5.91 Å². The van der Waals surface area contributed by atoms with Crippen molar-refractivity contribution in [1.82, 2.24) is 5.32 Å². The lowest BCUT2D eigenvalue weighted by Gasteiger charge is -2.30. The van der Waals surface area contributed by atoms with Crippen molar-refractivity contribution in [2.75, 3.05) is 30.4 Å². The molecular formula is C21H24BrN3O2S. The van der Waals surface area contributed by atoms with Crippen LogP contribution in [0.15, 0.2) is 40.9 Å². The second-order valence-electron chi connectivity index (χ2n) is 6.78. The number of benzene rings is 2. The summed E-state index contributed by atoms with van der Waals surface area (Å²) in [4.78, 5) is 15.1. The first kappa shape index (κ1) is 20.6. The van der Waals surface area contributed by atoms with Crippen LogP contribution in [0.3, 0.4) is 0 Å². The van der Waals surface area contributed by atoms with E-state index >= 15 is 0 Å². The molecule has 1 aliphatic rings. The smallest absolute Gasteiger partial charge is 0.261 e. The fourth-order valence-electron chi connectivity index (χ4n) is 3.48. The zero-order valence-corrected chi connectivity index (χ0v) is 18.5. The standard InChI is InChI=1S/C21H24BrN3O2S/c1-14-12-15(22)13-16(19(14)27-2)20(26)24-21(28)23-17-8-4-5-9-18(17)25-10-6-3-7-11-25/h4-5,8-9,12-13H,3,6-7,10-11H2,1-2H3,(H2,23,24,26,28). The van der Waals surface area contributed by atoms with Crippen molar-refractivity contribution in [3.05, 3.63) is 52.0 Å². The summed E-state index contributed by atoms with van der Waals surface area (Å²) in [6.45, 7) is 3.96. The number of halogens is 1. The first-order valence-electron chi connectivity index (χ1n) is 9.30. The van der Waals surface area contributed by atoms with Crippen molar-refractivity contribution in [2.24, 2.45) is 0 Å². The van der Waals surface area contributed by atoms with Gasteiger partial charge in [0.15, 0.2) is 5.11 Å². The van der Waals surface area contributed by atoms with Crippen molar-refractivity contribution < 1.29 is 9.53 Å². The maximum absolute atomic E-state index is 12.8. The van der Waals surface area contributed by atoms with Crippen LogP contribution in [0.2, 0.25) is 0 Å². The Bertz CT molecular complexity index is 882. The van der Waals surface area contributed by atoms with Crippen LogP contribution < -0.4 is 20.3 Å². The van der Waals surface area contributed by atoms with Crippen molar-refractivity contribution in [2.45, 2.75) is 26.2 Å². The van der Waals surface area contributed by atoms with Gasteiger partial charge in [0, 0.05) is 17.6 Å². The lowest BCUT2D eigenvalue weighted by molar-refractivity contribution is 0.0974. The van der Waals surface area contributed by atoms with Gasteiger partial charge >= 0.3 is 0 Å². The Balaban J connectivity index is 1.74. The Morgan fingerprint density at radius 2 is 1.89 bits per heavy atom. The number of hydrogen-bond donors (Lipinski definition) is 2. The number of aryl methyl sites for hydroxylation is 1. The minimum absolute atomic E-state index is 0.258. The van der Waals surface area contributed by atoms with Gasteiger partial charge in [-0.1, -0.05) is 28.1 Å². The predicted octanol–water partition coefficient (Wildman–Crippen LogP) is 4.88. The van der Waals surface area contributed by atoms with E-state index in [1.165, 1.54) is 19.3 Å². The highest BCUT2D eigenvalue weighted by Gasteiger charge is 2.18. The largest absolute Gasteiger partial charge is 0.496 e. The van der Waals surface area contributed by atoms with Gasteiger partial charge < -0.3 is 15.0 Å². The van der Waals surface area contributed by atoms with Crippen LogP contribution >= 0.6 is 28.1 Å². The van der Waals surface area contributed by atoms with Gasteiger partial charge in [-0.3, -0.25) is 10.1 Å². The molecule has 148 valence electrons. The van der Waals surface area contributed by atoms with E-state index in [-0.39, 0.29) is 11.0 Å². The van der Waals surface area contributed by atoms with Crippen LogP contribution in [0.4, 0.5) is 11.4 Å². The molecule has 28 heavy (non-hydrogen) atoms. The summed E-state index contributed by atoms with van der Waals surface area (Å²) in [5.41, 5.74) is 3.31. The van der Waals surface area contributed by atoms with Gasteiger partial charge in [0.2, 0.25) is 0 Å². The number of carbonyl (C=O) groups is 1. The van der Waals surface area contributed by atoms with E-state index in [1.807, 2.05) is 31.2 Å². The summed E-state index contributed by atoms with van der Waals surface area (Å²) in [6.07, 6.45) is 3.66. The highest BCUT2D eigenvalue weighted by molar-refractivity contribution is 9.10. The topological polar surface area (TPSA) is 53.6 Å². The number of para-hydroxylation sites is 2. The van der Waals surface area contributed by atoms with E-state index in [0.29, 0.717) is 11.3 Å². The highest BCUT2D eigenvalue weighted by atomic mass is 79.9. The molecule has 2 aromatic carbocycles. The zero-order valence-electron chi connectivity index (χ0n) is 16.0. The van der Waals surface area contributed by atoms with Gasteiger partial charge in [-0.05, 0) is 68.2 Å². The quantitative estimate of drug-likeness (QED) is 0.635. The zero-order chi connectivity index (χ0) is 20.1. The Hall–Kier alpha value is -2.12. The molecule has 2 aromatic rings. The van der Waals surface area contributed by atoms with Gasteiger partial charge in [0.1, 0.15) is 5.75 Å². The number of methoxy groups -OCH3 is 1. The molecule has 0 unspecified atom stereocenters. The average Bonchev–Trinajstić information content (AvgIpc) is 2.68. The molecule has 0 aromatic heterocycles. The molecule has 0 saturated carbocycles. The summed E-state index contributed by atoms with van der Waals surface area (Å²) in [5, 5.41) is 6.21. The van der Waals surface area contributed by atoms with E-state index in [2.05, 4.69) is 37.5 Å². The minimum atomic E-state index is -0.311. The lowest BCUT2D eigenvalue weighted by Crippen LogP contribution is -2.35. The molecule has 3 rings (SSSR count). The minimum Gasteiger partial charge on any atom is -0.496 e. The molecule has 1 aliphatic heterocycles. The van der Waals surface area contributed by atoms with Crippen LogP contribution in [0.25, 0.3) is 0 Å². The van der Waals surface area contributed by atoms with Crippen LogP contribution in [0, 0.1) is 6.92 Å². The maximum atomic E-state index is 12.8. The average molecular weight is 462 g/mol. The van der Waals surface area contributed by atoms with Crippen molar-refractivity contribution in [3.8, 4) is 5.75 Å². The number of nitrogens with zero attached hydrogens (tertiary/aromatic N) is 1. The molecule has 0 bridgehead atoms. The molecule has 1 amide bonds. The van der Waals surface area contributed by atoms with Crippen molar-refractivity contribution >= 4 is 50.5 Å². The molecule has 1 heterocycles. The Kier molecular flexibility index (Phi) is 6.91. The molecule has 0 spiro atoms. The van der Waals surface area contributed by atoms with Gasteiger partial charge in [-0.25, -0.2) is 0 Å². The molecule has 0 radical (unpaired) electrons. The Labute approximate surface area is 179 Å². The number of ether oxygens (including phenoxy) is 1. The van der Waals surface area contributed by atoms with Crippen molar-refractivity contribution in [1.29, 1.82) is 0 Å². The summed E-state index contributed by atoms with van der Waals surface area (Å²) < 4.78 is 6.21. The number of thiocarbonyl (C=S) groups is 1. The van der Waals surface area contributed by atoms with Gasteiger partial charge in [0.05, 0.1) is 24.0 Å². The Morgan fingerprint density at radius 1 is 1.18 bits per heavy atom. The summed E-state index contributed by atoms with van der Waals surface area (Å²) >= 11 is 8.83. The summed E-state index contributed by atoms with van der Waals surface area (Å²) in [5.74, 6) is 0.228. The van der Waals surface area contributed by atoms with Gasteiger partial charge in [-0.15, -0.1) is 0 Å². The first-order chi connectivity index (χ1) is 13.5. The van der Waals surface area contributed by atoms with Crippen molar-refractivity contribution in [3.63, 3.8) is 0 Å². The van der Waals surface area contributed by atoms with Crippen LogP contribution in [-0.2, 0) is 0 Å². The molecule has 5 nitrogen and oxygen atoms in total. The molecule has 1 fully saturated rings. The third-order valence-electron chi connectivity index (χ3n) is 4.76. The van der Waals surface area contributed by atoms with E-state index in [4.69, 9.17) is 17.0 Å². The molecule has 2 N–H and O–H groups in total. The van der Waals surface area contributed by atoms with E-state index < -0.39 is 0 Å². The van der Waals surface area contributed by atoms with Crippen LogP contribution in [0.5, 0.6) is 5.75 Å². The van der Waals surface area contributed by atoms with Crippen LogP contribution in [0.1, 0.15) is 35.2 Å².